The third-order valence-corrected chi connectivity index (χ3v) is 6.79. The minimum Gasteiger partial charge on any atom is -0.497 e. The maximum absolute atomic E-state index is 14.1. The van der Waals surface area contributed by atoms with E-state index < -0.39 is 0 Å². The molecular formula is C35H38N2O2. The van der Waals surface area contributed by atoms with E-state index in [4.69, 9.17) is 4.74 Å². The van der Waals surface area contributed by atoms with E-state index in [2.05, 4.69) is 66.8 Å². The molecule has 200 valence electrons. The van der Waals surface area contributed by atoms with E-state index in [-0.39, 0.29) is 12.1 Å². The molecule has 0 aromatic heterocycles. The highest BCUT2D eigenvalue weighted by Gasteiger charge is 2.28. The molecule has 0 radical (unpaired) electrons. The van der Waals surface area contributed by atoms with E-state index in [0.717, 1.165) is 53.8 Å². The lowest BCUT2D eigenvalue weighted by Gasteiger charge is -2.34. The van der Waals surface area contributed by atoms with Crippen LogP contribution in [0.3, 0.4) is 0 Å². The Kier molecular flexibility index (Phi) is 10.4. The van der Waals surface area contributed by atoms with Crippen molar-refractivity contribution >= 4 is 17.8 Å². The van der Waals surface area contributed by atoms with Gasteiger partial charge < -0.3 is 15.0 Å². The first-order valence-corrected chi connectivity index (χ1v) is 13.7. The Bertz CT molecular complexity index is 1260. The van der Waals surface area contributed by atoms with Crippen molar-refractivity contribution < 1.29 is 9.53 Å². The third-order valence-electron chi connectivity index (χ3n) is 6.79. The molecule has 0 atom stereocenters. The van der Waals surface area contributed by atoms with Crippen molar-refractivity contribution in [2.45, 2.75) is 38.6 Å². The largest absolute Gasteiger partial charge is 0.497 e. The summed E-state index contributed by atoms with van der Waals surface area (Å²) in [7, 11) is 1.64. The molecule has 1 N–H and O–H groups in total. The van der Waals surface area contributed by atoms with Gasteiger partial charge >= 0.3 is 6.03 Å². The van der Waals surface area contributed by atoms with Gasteiger partial charge in [0.1, 0.15) is 5.75 Å². The number of hydrogen-bond acceptors (Lipinski definition) is 2. The molecule has 0 aliphatic rings. The molecule has 0 unspecified atom stereocenters. The van der Waals surface area contributed by atoms with E-state index in [0.29, 0.717) is 6.54 Å². The van der Waals surface area contributed by atoms with Crippen molar-refractivity contribution in [3.63, 3.8) is 0 Å². The molecule has 0 heterocycles. The van der Waals surface area contributed by atoms with Crippen LogP contribution >= 0.6 is 0 Å². The Hall–Kier alpha value is -4.31. The minimum absolute atomic E-state index is 0.146. The second-order valence-corrected chi connectivity index (χ2v) is 9.68. The zero-order valence-corrected chi connectivity index (χ0v) is 22.9. The quantitative estimate of drug-likeness (QED) is 0.190. The van der Waals surface area contributed by atoms with Gasteiger partial charge in [-0.05, 0) is 53.8 Å². The number of rotatable bonds is 12. The van der Waals surface area contributed by atoms with Crippen molar-refractivity contribution in [1.29, 1.82) is 0 Å². The summed E-state index contributed by atoms with van der Waals surface area (Å²) in [4.78, 5) is 16.1. The van der Waals surface area contributed by atoms with E-state index in [1.54, 1.807) is 7.11 Å². The van der Waals surface area contributed by atoms with Crippen LogP contribution in [0.1, 0.15) is 55.3 Å². The van der Waals surface area contributed by atoms with Gasteiger partial charge in [0, 0.05) is 12.2 Å². The van der Waals surface area contributed by atoms with Crippen LogP contribution < -0.4 is 10.1 Å². The lowest BCUT2D eigenvalue weighted by Crippen LogP contribution is -2.40. The number of hydrogen-bond donors (Lipinski definition) is 1. The lowest BCUT2D eigenvalue weighted by atomic mass is 9.95. The van der Waals surface area contributed by atoms with Crippen LogP contribution in [-0.2, 0) is 0 Å². The molecule has 2 amide bonds. The predicted molar refractivity (Wildman–Crippen MR) is 162 cm³/mol. The van der Waals surface area contributed by atoms with Gasteiger partial charge in [-0.1, -0.05) is 122 Å². The van der Waals surface area contributed by atoms with Gasteiger partial charge in [0.05, 0.1) is 13.2 Å². The molecule has 4 heteroatoms. The SMILES string of the molecule is CCCCC/C(=C\c1ccccc1)CN(C(=O)Nc1ccc(OC)cc1)C(c1ccccc1)c1ccccc1. The zero-order chi connectivity index (χ0) is 27.3. The highest BCUT2D eigenvalue weighted by atomic mass is 16.5. The van der Waals surface area contributed by atoms with Gasteiger partial charge in [-0.2, -0.15) is 0 Å². The minimum atomic E-state index is -0.254. The van der Waals surface area contributed by atoms with Crippen molar-refractivity contribution in [2.24, 2.45) is 0 Å². The first kappa shape index (κ1) is 27.7. The van der Waals surface area contributed by atoms with Crippen molar-refractivity contribution in [3.8, 4) is 5.75 Å². The normalized spacial score (nSPS) is 11.3. The molecule has 0 aliphatic heterocycles. The number of carbonyl (C=O) groups excluding carboxylic acids is 1. The standard InChI is InChI=1S/C35H38N2O2/c1-3-4-8-17-29(26-28-15-9-5-10-16-28)27-37(35(38)36-32-22-24-33(39-2)25-23-32)34(30-18-11-6-12-19-30)31-20-13-7-14-21-31/h5-7,9-16,18-26,34H,3-4,8,17,27H2,1-2H3,(H,36,38)/b29-26+. The fraction of sp³-hybridized carbons (Fsp3) is 0.229. The summed E-state index contributed by atoms with van der Waals surface area (Å²) in [6.45, 7) is 2.73. The first-order valence-electron chi connectivity index (χ1n) is 13.7. The predicted octanol–water partition coefficient (Wildman–Crippen LogP) is 8.98. The number of ether oxygens (including phenoxy) is 1. The molecule has 4 aromatic carbocycles. The van der Waals surface area contributed by atoms with Gasteiger partial charge in [-0.3, -0.25) is 0 Å². The number of unbranched alkanes of at least 4 members (excludes halogenated alkanes) is 2. The second kappa shape index (κ2) is 14.6. The Morgan fingerprint density at radius 3 is 1.90 bits per heavy atom. The summed E-state index contributed by atoms with van der Waals surface area (Å²) in [5.74, 6) is 0.750. The van der Waals surface area contributed by atoms with Crippen molar-refractivity contribution in [2.75, 3.05) is 19.0 Å². The summed E-state index contributed by atoms with van der Waals surface area (Å²) < 4.78 is 5.30. The number of carbonyl (C=O) groups is 1. The fourth-order valence-corrected chi connectivity index (χ4v) is 4.78. The first-order chi connectivity index (χ1) is 19.2. The molecule has 0 fully saturated rings. The number of benzene rings is 4. The van der Waals surface area contributed by atoms with E-state index >= 15 is 0 Å². The second-order valence-electron chi connectivity index (χ2n) is 9.68. The van der Waals surface area contributed by atoms with Crippen molar-refractivity contribution in [3.05, 3.63) is 138 Å². The topological polar surface area (TPSA) is 41.6 Å². The van der Waals surface area contributed by atoms with Crippen LogP contribution in [-0.4, -0.2) is 24.6 Å². The summed E-state index contributed by atoms with van der Waals surface area (Å²) in [5.41, 5.74) is 5.25. The molecule has 4 nitrogen and oxygen atoms in total. The summed E-state index contributed by atoms with van der Waals surface area (Å²) in [5, 5.41) is 3.15. The van der Waals surface area contributed by atoms with E-state index in [9.17, 15) is 4.79 Å². The number of nitrogens with one attached hydrogen (secondary N) is 1. The molecule has 4 aromatic rings. The summed E-state index contributed by atoms with van der Waals surface area (Å²) in [6.07, 6.45) is 6.58. The number of anilines is 1. The molecule has 0 spiro atoms. The Morgan fingerprint density at radius 1 is 0.795 bits per heavy atom. The number of nitrogens with zero attached hydrogens (tertiary/aromatic N) is 1. The number of urea groups is 1. The Labute approximate surface area is 233 Å². The molecule has 0 bridgehead atoms. The molecule has 0 saturated carbocycles. The Balaban J connectivity index is 1.75. The van der Waals surface area contributed by atoms with Gasteiger partial charge in [-0.25, -0.2) is 4.79 Å². The van der Waals surface area contributed by atoms with Gasteiger partial charge in [-0.15, -0.1) is 0 Å². The highest BCUT2D eigenvalue weighted by molar-refractivity contribution is 5.90. The monoisotopic (exact) mass is 518 g/mol. The smallest absolute Gasteiger partial charge is 0.322 e. The summed E-state index contributed by atoms with van der Waals surface area (Å²) >= 11 is 0. The Morgan fingerprint density at radius 2 is 1.36 bits per heavy atom. The van der Waals surface area contributed by atoms with E-state index in [1.165, 1.54) is 5.57 Å². The van der Waals surface area contributed by atoms with Crippen molar-refractivity contribution in [1.82, 2.24) is 4.90 Å². The highest BCUT2D eigenvalue weighted by Crippen LogP contribution is 2.31. The van der Waals surface area contributed by atoms with Crippen LogP contribution in [0.5, 0.6) is 5.75 Å². The van der Waals surface area contributed by atoms with Gasteiger partial charge in [0.15, 0.2) is 0 Å². The van der Waals surface area contributed by atoms with Crippen LogP contribution in [0.4, 0.5) is 10.5 Å². The third kappa shape index (κ3) is 8.08. The van der Waals surface area contributed by atoms with E-state index in [1.807, 2.05) is 71.6 Å². The van der Waals surface area contributed by atoms with Crippen LogP contribution in [0.15, 0.2) is 121 Å². The molecule has 4 rings (SSSR count). The maximum atomic E-state index is 14.1. The average Bonchev–Trinajstić information content (AvgIpc) is 2.99. The molecule has 39 heavy (non-hydrogen) atoms. The molecular weight excluding hydrogens is 480 g/mol. The van der Waals surface area contributed by atoms with Gasteiger partial charge in [0.2, 0.25) is 0 Å². The number of methoxy groups -OCH3 is 1. The average molecular weight is 519 g/mol. The summed E-state index contributed by atoms with van der Waals surface area (Å²) in [6, 6.07) is 38.0. The maximum Gasteiger partial charge on any atom is 0.322 e. The van der Waals surface area contributed by atoms with Crippen LogP contribution in [0.25, 0.3) is 6.08 Å². The molecule has 0 aliphatic carbocycles. The lowest BCUT2D eigenvalue weighted by molar-refractivity contribution is 0.203. The number of amides is 2. The zero-order valence-electron chi connectivity index (χ0n) is 22.9. The molecule has 0 saturated heterocycles. The fourth-order valence-electron chi connectivity index (χ4n) is 4.78. The van der Waals surface area contributed by atoms with Gasteiger partial charge in [0.25, 0.3) is 0 Å². The van der Waals surface area contributed by atoms with Crippen LogP contribution in [0.2, 0.25) is 0 Å². The van der Waals surface area contributed by atoms with Crippen LogP contribution in [0, 0.1) is 0 Å².